The molecule has 0 amide bonds. The van der Waals surface area contributed by atoms with E-state index in [9.17, 15) is 20.2 Å². The highest BCUT2D eigenvalue weighted by molar-refractivity contribution is 5.46. The number of nitro groups is 2. The predicted octanol–water partition coefficient (Wildman–Crippen LogP) is 0.821. The van der Waals surface area contributed by atoms with Gasteiger partial charge in [0.15, 0.2) is 0 Å². The van der Waals surface area contributed by atoms with E-state index in [-0.39, 0.29) is 11.3 Å². The van der Waals surface area contributed by atoms with Crippen molar-refractivity contribution in [3.63, 3.8) is 0 Å². The molecular formula is C7H7N3O4. The van der Waals surface area contributed by atoms with Crippen molar-refractivity contribution in [2.24, 2.45) is 0 Å². The zero-order valence-electron chi connectivity index (χ0n) is 6.99. The summed E-state index contributed by atoms with van der Waals surface area (Å²) in [5.74, 6) is 0. The number of hydrogen-bond acceptors (Lipinski definition) is 5. The van der Waals surface area contributed by atoms with Crippen LogP contribution >= 0.6 is 0 Å². The summed E-state index contributed by atoms with van der Waals surface area (Å²) in [7, 11) is 0. The Labute approximate surface area is 78.4 Å². The van der Waals surface area contributed by atoms with Crippen LogP contribution in [0.5, 0.6) is 0 Å². The van der Waals surface area contributed by atoms with Gasteiger partial charge in [-0.25, -0.2) is 0 Å². The molecule has 7 nitrogen and oxygen atoms in total. The molecule has 1 aromatic carbocycles. The molecule has 0 spiro atoms. The van der Waals surface area contributed by atoms with Crippen LogP contribution in [0.2, 0.25) is 0 Å². The van der Waals surface area contributed by atoms with E-state index in [0.29, 0.717) is 0 Å². The summed E-state index contributed by atoms with van der Waals surface area (Å²) in [6.45, 7) is 0. The van der Waals surface area contributed by atoms with Gasteiger partial charge >= 0.3 is 6.17 Å². The molecule has 0 aromatic heterocycles. The molecule has 1 rings (SSSR count). The normalized spacial score (nSPS) is 10.1. The number of nitrogens with two attached hydrogens (primary N) is 1. The van der Waals surface area contributed by atoms with Crippen LogP contribution in [0.25, 0.3) is 0 Å². The number of para-hydroxylation sites is 1. The van der Waals surface area contributed by atoms with E-state index >= 15 is 0 Å². The molecule has 7 heteroatoms. The van der Waals surface area contributed by atoms with Crippen LogP contribution < -0.4 is 5.73 Å². The first kappa shape index (κ1) is 9.90. The topological polar surface area (TPSA) is 112 Å². The van der Waals surface area contributed by atoms with Crippen LogP contribution in [-0.2, 0) is 0 Å². The number of rotatable bonds is 3. The predicted molar refractivity (Wildman–Crippen MR) is 47.6 cm³/mol. The Morgan fingerprint density at radius 3 is 2.07 bits per heavy atom. The molecule has 0 radical (unpaired) electrons. The lowest BCUT2D eigenvalue weighted by molar-refractivity contribution is -0.752. The molecule has 0 atom stereocenters. The standard InChI is InChI=1S/C7H7N3O4/c8-6-4-2-1-3-5(6)7(9(11)12)10(13)14/h1-4,7H,8H2. The second-order valence-corrected chi connectivity index (χ2v) is 2.57. The maximum absolute atomic E-state index is 10.4. The summed E-state index contributed by atoms with van der Waals surface area (Å²) in [6.07, 6.45) is -1.99. The zero-order valence-corrected chi connectivity index (χ0v) is 6.99. The van der Waals surface area contributed by atoms with Crippen LogP contribution in [0, 0.1) is 20.2 Å². The van der Waals surface area contributed by atoms with Gasteiger partial charge in [-0.15, -0.1) is 0 Å². The van der Waals surface area contributed by atoms with Gasteiger partial charge in [-0.1, -0.05) is 12.1 Å². The highest BCUT2D eigenvalue weighted by atomic mass is 16.7. The molecule has 0 aliphatic heterocycles. The lowest BCUT2D eigenvalue weighted by Gasteiger charge is -2.04. The maximum Gasteiger partial charge on any atom is 0.478 e. The molecule has 14 heavy (non-hydrogen) atoms. The van der Waals surface area contributed by atoms with Crippen molar-refractivity contribution in [2.45, 2.75) is 6.17 Å². The molecular weight excluding hydrogens is 190 g/mol. The number of nitrogens with zero attached hydrogens (tertiary/aromatic N) is 2. The van der Waals surface area contributed by atoms with E-state index in [4.69, 9.17) is 5.73 Å². The van der Waals surface area contributed by atoms with Crippen molar-refractivity contribution in [2.75, 3.05) is 5.73 Å². The van der Waals surface area contributed by atoms with Crippen molar-refractivity contribution in [3.8, 4) is 0 Å². The van der Waals surface area contributed by atoms with Gasteiger partial charge in [0.25, 0.3) is 0 Å². The molecule has 2 N–H and O–H groups in total. The SMILES string of the molecule is Nc1ccccc1C([N+](=O)[O-])[N+](=O)[O-]. The minimum atomic E-state index is -1.99. The zero-order chi connectivity index (χ0) is 10.7. The summed E-state index contributed by atoms with van der Waals surface area (Å²) in [5.41, 5.74) is 5.34. The van der Waals surface area contributed by atoms with Crippen molar-refractivity contribution < 1.29 is 9.85 Å². The summed E-state index contributed by atoms with van der Waals surface area (Å²) in [5, 5.41) is 20.8. The second-order valence-electron chi connectivity index (χ2n) is 2.57. The fraction of sp³-hybridized carbons (Fsp3) is 0.143. The fourth-order valence-corrected chi connectivity index (χ4v) is 1.05. The smallest absolute Gasteiger partial charge is 0.398 e. The van der Waals surface area contributed by atoms with E-state index in [1.165, 1.54) is 18.2 Å². The monoisotopic (exact) mass is 197 g/mol. The highest BCUT2D eigenvalue weighted by Crippen LogP contribution is 2.22. The van der Waals surface area contributed by atoms with Gasteiger partial charge in [0.05, 0.1) is 0 Å². The third kappa shape index (κ3) is 1.76. The van der Waals surface area contributed by atoms with Gasteiger partial charge < -0.3 is 5.73 Å². The maximum atomic E-state index is 10.4. The molecule has 74 valence electrons. The van der Waals surface area contributed by atoms with E-state index in [1.54, 1.807) is 6.07 Å². The largest absolute Gasteiger partial charge is 0.478 e. The Balaban J connectivity index is 3.18. The first-order chi connectivity index (χ1) is 6.54. The number of anilines is 1. The molecule has 1 aromatic rings. The van der Waals surface area contributed by atoms with E-state index in [0.717, 1.165) is 0 Å². The highest BCUT2D eigenvalue weighted by Gasteiger charge is 2.36. The molecule has 0 aliphatic rings. The van der Waals surface area contributed by atoms with Gasteiger partial charge in [-0.3, -0.25) is 20.2 Å². The number of nitrogen functional groups attached to an aromatic ring is 1. The average Bonchev–Trinajstić information content (AvgIpc) is 2.07. The van der Waals surface area contributed by atoms with E-state index in [1.807, 2.05) is 0 Å². The summed E-state index contributed by atoms with van der Waals surface area (Å²) in [4.78, 5) is 18.8. The second kappa shape index (κ2) is 3.69. The molecule has 0 saturated carbocycles. The Hall–Kier alpha value is -2.18. The first-order valence-corrected chi connectivity index (χ1v) is 3.65. The molecule has 0 saturated heterocycles. The van der Waals surface area contributed by atoms with Gasteiger partial charge in [0.2, 0.25) is 0 Å². The van der Waals surface area contributed by atoms with E-state index in [2.05, 4.69) is 0 Å². The lowest BCUT2D eigenvalue weighted by atomic mass is 10.1. The van der Waals surface area contributed by atoms with Gasteiger partial charge in [0, 0.05) is 5.69 Å². The van der Waals surface area contributed by atoms with Crippen molar-refractivity contribution >= 4 is 5.69 Å². The minimum Gasteiger partial charge on any atom is -0.398 e. The van der Waals surface area contributed by atoms with Crippen LogP contribution in [0.3, 0.4) is 0 Å². The molecule has 0 heterocycles. The van der Waals surface area contributed by atoms with Crippen LogP contribution in [0.4, 0.5) is 5.69 Å². The van der Waals surface area contributed by atoms with Crippen molar-refractivity contribution in [3.05, 3.63) is 50.1 Å². The van der Waals surface area contributed by atoms with Crippen LogP contribution in [0.15, 0.2) is 24.3 Å². The third-order valence-electron chi connectivity index (χ3n) is 1.67. The molecule has 0 unspecified atom stereocenters. The summed E-state index contributed by atoms with van der Waals surface area (Å²) in [6, 6.07) is 5.67. The van der Waals surface area contributed by atoms with Crippen LogP contribution in [-0.4, -0.2) is 9.85 Å². The Morgan fingerprint density at radius 2 is 1.64 bits per heavy atom. The first-order valence-electron chi connectivity index (χ1n) is 3.65. The Kier molecular flexibility index (Phi) is 2.61. The number of benzene rings is 1. The fourth-order valence-electron chi connectivity index (χ4n) is 1.05. The van der Waals surface area contributed by atoms with Crippen molar-refractivity contribution in [1.29, 1.82) is 0 Å². The summed E-state index contributed by atoms with van der Waals surface area (Å²) >= 11 is 0. The number of hydrogen-bond donors (Lipinski definition) is 1. The third-order valence-corrected chi connectivity index (χ3v) is 1.67. The lowest BCUT2D eigenvalue weighted by Crippen LogP contribution is -2.20. The molecule has 0 fully saturated rings. The average molecular weight is 197 g/mol. The Morgan fingerprint density at radius 1 is 1.14 bits per heavy atom. The van der Waals surface area contributed by atoms with Gasteiger partial charge in [-0.2, -0.15) is 0 Å². The van der Waals surface area contributed by atoms with Gasteiger partial charge in [0.1, 0.15) is 15.4 Å². The van der Waals surface area contributed by atoms with Gasteiger partial charge in [-0.05, 0) is 12.1 Å². The van der Waals surface area contributed by atoms with Crippen molar-refractivity contribution in [1.82, 2.24) is 0 Å². The quantitative estimate of drug-likeness (QED) is 0.333. The summed E-state index contributed by atoms with van der Waals surface area (Å²) < 4.78 is 0. The molecule has 0 aliphatic carbocycles. The van der Waals surface area contributed by atoms with Crippen LogP contribution in [0.1, 0.15) is 11.7 Å². The van der Waals surface area contributed by atoms with E-state index < -0.39 is 16.0 Å². The molecule has 0 bridgehead atoms. The Bertz CT molecular complexity index is 365. The minimum absolute atomic E-state index is 0.0471.